The number of nitrogen functional groups attached to an aromatic ring is 1. The van der Waals surface area contributed by atoms with E-state index in [-0.39, 0.29) is 17.4 Å². The molecule has 0 saturated heterocycles. The van der Waals surface area contributed by atoms with Crippen molar-refractivity contribution in [2.45, 2.75) is 6.42 Å². The van der Waals surface area contributed by atoms with Crippen molar-refractivity contribution >= 4 is 23.3 Å². The van der Waals surface area contributed by atoms with Crippen molar-refractivity contribution in [2.75, 3.05) is 32.9 Å². The summed E-state index contributed by atoms with van der Waals surface area (Å²) in [5.41, 5.74) is 5.68. The van der Waals surface area contributed by atoms with Crippen LogP contribution in [0.5, 0.6) is 0 Å². The van der Waals surface area contributed by atoms with Gasteiger partial charge in [0.1, 0.15) is 11.5 Å². The van der Waals surface area contributed by atoms with E-state index >= 15 is 0 Å². The molecule has 0 atom stereocenters. The first kappa shape index (κ1) is 13.7. The second kappa shape index (κ2) is 6.42. The van der Waals surface area contributed by atoms with Crippen LogP contribution in [0.4, 0.5) is 5.82 Å². The van der Waals surface area contributed by atoms with E-state index in [1.807, 2.05) is 14.1 Å². The van der Waals surface area contributed by atoms with Crippen LogP contribution in [0.1, 0.15) is 16.9 Å². The SMILES string of the molecule is CN(C)CCCNC(=O)c1nc(N)ccc1Cl. The number of amides is 1. The van der Waals surface area contributed by atoms with Crippen LogP contribution in [0.15, 0.2) is 12.1 Å². The van der Waals surface area contributed by atoms with Crippen molar-refractivity contribution in [2.24, 2.45) is 0 Å². The molecule has 5 nitrogen and oxygen atoms in total. The van der Waals surface area contributed by atoms with Crippen molar-refractivity contribution in [3.63, 3.8) is 0 Å². The summed E-state index contributed by atoms with van der Waals surface area (Å²) >= 11 is 5.87. The van der Waals surface area contributed by atoms with Gasteiger partial charge in [-0.05, 0) is 39.2 Å². The maximum absolute atomic E-state index is 11.7. The lowest BCUT2D eigenvalue weighted by Gasteiger charge is -2.10. The molecule has 0 aliphatic carbocycles. The summed E-state index contributed by atoms with van der Waals surface area (Å²) in [5, 5.41) is 3.06. The molecule has 94 valence electrons. The van der Waals surface area contributed by atoms with Gasteiger partial charge in [0.2, 0.25) is 0 Å². The van der Waals surface area contributed by atoms with E-state index < -0.39 is 0 Å². The number of hydrogen-bond acceptors (Lipinski definition) is 4. The van der Waals surface area contributed by atoms with E-state index in [4.69, 9.17) is 17.3 Å². The highest BCUT2D eigenvalue weighted by Gasteiger charge is 2.11. The van der Waals surface area contributed by atoms with Crippen molar-refractivity contribution in [1.29, 1.82) is 0 Å². The average Bonchev–Trinajstić information content (AvgIpc) is 2.27. The second-order valence-electron chi connectivity index (χ2n) is 3.98. The Kier molecular flexibility index (Phi) is 5.18. The lowest BCUT2D eigenvalue weighted by Crippen LogP contribution is -2.28. The van der Waals surface area contributed by atoms with Gasteiger partial charge < -0.3 is 16.0 Å². The Morgan fingerprint density at radius 1 is 1.53 bits per heavy atom. The van der Waals surface area contributed by atoms with Gasteiger partial charge in [-0.25, -0.2) is 4.98 Å². The number of carbonyl (C=O) groups is 1. The molecular weight excluding hydrogens is 240 g/mol. The molecule has 0 unspecified atom stereocenters. The summed E-state index contributed by atoms with van der Waals surface area (Å²) in [6.07, 6.45) is 0.874. The topological polar surface area (TPSA) is 71.2 Å². The molecule has 3 N–H and O–H groups in total. The predicted octanol–water partition coefficient (Wildman–Crippen LogP) is 0.999. The Balaban J connectivity index is 2.49. The molecule has 1 aromatic heterocycles. The summed E-state index contributed by atoms with van der Waals surface area (Å²) in [5.74, 6) is -0.00565. The van der Waals surface area contributed by atoms with Crippen LogP contribution >= 0.6 is 11.6 Å². The first-order chi connectivity index (χ1) is 8.00. The smallest absolute Gasteiger partial charge is 0.271 e. The minimum absolute atomic E-state index is 0.177. The van der Waals surface area contributed by atoms with Gasteiger partial charge in [-0.2, -0.15) is 0 Å². The Hall–Kier alpha value is -1.33. The zero-order valence-electron chi connectivity index (χ0n) is 10.0. The second-order valence-corrected chi connectivity index (χ2v) is 4.39. The van der Waals surface area contributed by atoms with Gasteiger partial charge in [0, 0.05) is 6.54 Å². The predicted molar refractivity (Wildman–Crippen MR) is 69.2 cm³/mol. The number of anilines is 1. The maximum Gasteiger partial charge on any atom is 0.271 e. The fraction of sp³-hybridized carbons (Fsp3) is 0.455. The first-order valence-electron chi connectivity index (χ1n) is 5.35. The molecule has 1 aromatic rings. The lowest BCUT2D eigenvalue weighted by atomic mass is 10.3. The first-order valence-corrected chi connectivity index (χ1v) is 5.73. The molecular formula is C11H17ClN4O. The van der Waals surface area contributed by atoms with Crippen LogP contribution in [0.2, 0.25) is 5.02 Å². The zero-order chi connectivity index (χ0) is 12.8. The van der Waals surface area contributed by atoms with Crippen molar-refractivity contribution in [3.8, 4) is 0 Å². The fourth-order valence-corrected chi connectivity index (χ4v) is 1.49. The van der Waals surface area contributed by atoms with Gasteiger partial charge in [0.25, 0.3) is 5.91 Å². The molecule has 1 amide bonds. The molecule has 0 bridgehead atoms. The number of carbonyl (C=O) groups excluding carboxylic acids is 1. The number of aromatic nitrogens is 1. The van der Waals surface area contributed by atoms with E-state index in [0.717, 1.165) is 13.0 Å². The fourth-order valence-electron chi connectivity index (χ4n) is 1.30. The molecule has 1 heterocycles. The van der Waals surface area contributed by atoms with Crippen molar-refractivity contribution in [1.82, 2.24) is 15.2 Å². The van der Waals surface area contributed by atoms with Gasteiger partial charge in [-0.15, -0.1) is 0 Å². The summed E-state index contributed by atoms with van der Waals surface area (Å²) in [6.45, 7) is 1.50. The van der Waals surface area contributed by atoms with Crippen molar-refractivity contribution < 1.29 is 4.79 Å². The quantitative estimate of drug-likeness (QED) is 0.771. The molecule has 0 aromatic carbocycles. The Bertz CT molecular complexity index is 395. The molecule has 0 aliphatic heterocycles. The van der Waals surface area contributed by atoms with E-state index in [0.29, 0.717) is 11.6 Å². The number of rotatable bonds is 5. The van der Waals surface area contributed by atoms with Gasteiger partial charge >= 0.3 is 0 Å². The Labute approximate surface area is 106 Å². The molecule has 0 fully saturated rings. The highest BCUT2D eigenvalue weighted by atomic mass is 35.5. The molecule has 17 heavy (non-hydrogen) atoms. The van der Waals surface area contributed by atoms with E-state index in [9.17, 15) is 4.79 Å². The van der Waals surface area contributed by atoms with Gasteiger partial charge in [-0.1, -0.05) is 11.6 Å². The summed E-state index contributed by atoms with van der Waals surface area (Å²) < 4.78 is 0. The number of hydrogen-bond donors (Lipinski definition) is 2. The summed E-state index contributed by atoms with van der Waals surface area (Å²) in [4.78, 5) is 17.7. The van der Waals surface area contributed by atoms with Gasteiger partial charge in [-0.3, -0.25) is 4.79 Å². The maximum atomic E-state index is 11.7. The van der Waals surface area contributed by atoms with E-state index in [1.54, 1.807) is 12.1 Å². The number of halogens is 1. The third-order valence-corrected chi connectivity index (χ3v) is 2.46. The number of nitrogens with one attached hydrogen (secondary N) is 1. The van der Waals surface area contributed by atoms with Gasteiger partial charge in [0.05, 0.1) is 5.02 Å². The Morgan fingerprint density at radius 3 is 2.88 bits per heavy atom. The molecule has 0 radical (unpaired) electrons. The van der Waals surface area contributed by atoms with Crippen LogP contribution in [-0.4, -0.2) is 43.0 Å². The van der Waals surface area contributed by atoms with E-state index in [1.165, 1.54) is 0 Å². The minimum Gasteiger partial charge on any atom is -0.384 e. The molecule has 0 spiro atoms. The standard InChI is InChI=1S/C11H17ClN4O/c1-16(2)7-3-6-14-11(17)10-8(12)4-5-9(13)15-10/h4-5H,3,6-7H2,1-2H3,(H2,13,15)(H,14,17). The normalized spacial score (nSPS) is 10.6. The zero-order valence-corrected chi connectivity index (χ0v) is 10.8. The third kappa shape index (κ3) is 4.58. The van der Waals surface area contributed by atoms with Crippen LogP contribution in [0.25, 0.3) is 0 Å². The monoisotopic (exact) mass is 256 g/mol. The summed E-state index contributed by atoms with van der Waals surface area (Å²) in [7, 11) is 3.97. The molecule has 0 saturated carbocycles. The summed E-state index contributed by atoms with van der Waals surface area (Å²) in [6, 6.07) is 3.13. The van der Waals surface area contributed by atoms with Crippen molar-refractivity contribution in [3.05, 3.63) is 22.8 Å². The largest absolute Gasteiger partial charge is 0.384 e. The molecule has 6 heteroatoms. The Morgan fingerprint density at radius 2 is 2.24 bits per heavy atom. The molecule has 0 aliphatic rings. The highest BCUT2D eigenvalue weighted by molar-refractivity contribution is 6.33. The highest BCUT2D eigenvalue weighted by Crippen LogP contribution is 2.14. The number of nitrogens with two attached hydrogens (primary N) is 1. The number of nitrogens with zero attached hydrogens (tertiary/aromatic N) is 2. The average molecular weight is 257 g/mol. The van der Waals surface area contributed by atoms with Crippen LogP contribution < -0.4 is 11.1 Å². The van der Waals surface area contributed by atoms with Gasteiger partial charge in [0.15, 0.2) is 0 Å². The third-order valence-electron chi connectivity index (χ3n) is 2.15. The molecule has 1 rings (SSSR count). The van der Waals surface area contributed by atoms with Crippen LogP contribution in [0, 0.1) is 0 Å². The van der Waals surface area contributed by atoms with E-state index in [2.05, 4.69) is 15.2 Å². The number of pyridine rings is 1. The van der Waals surface area contributed by atoms with Crippen LogP contribution in [0.3, 0.4) is 0 Å². The lowest BCUT2D eigenvalue weighted by molar-refractivity contribution is 0.0947. The van der Waals surface area contributed by atoms with Crippen LogP contribution in [-0.2, 0) is 0 Å². The minimum atomic E-state index is -0.291.